The summed E-state index contributed by atoms with van der Waals surface area (Å²) in [5, 5.41) is 3.05. The predicted molar refractivity (Wildman–Crippen MR) is 72.5 cm³/mol. The standard InChI is InChI=1S/C14H21N3O/c1-10(16-13(18)14(2)7-8-14)11-5-6-12(15-9-11)17(3)4/h5-6,9-10H,7-8H2,1-4H3,(H,16,18). The largest absolute Gasteiger partial charge is 0.363 e. The molecule has 4 nitrogen and oxygen atoms in total. The first-order valence-corrected chi connectivity index (χ1v) is 6.37. The Labute approximate surface area is 108 Å². The molecular weight excluding hydrogens is 226 g/mol. The van der Waals surface area contributed by atoms with Crippen LogP contribution in [0, 0.1) is 5.41 Å². The van der Waals surface area contributed by atoms with Crippen molar-refractivity contribution < 1.29 is 4.79 Å². The van der Waals surface area contributed by atoms with Crippen LogP contribution in [0.5, 0.6) is 0 Å². The van der Waals surface area contributed by atoms with E-state index in [-0.39, 0.29) is 17.4 Å². The Morgan fingerprint density at radius 2 is 2.11 bits per heavy atom. The molecule has 0 aromatic carbocycles. The van der Waals surface area contributed by atoms with E-state index in [2.05, 4.69) is 10.3 Å². The smallest absolute Gasteiger partial charge is 0.226 e. The quantitative estimate of drug-likeness (QED) is 0.886. The molecule has 1 aliphatic carbocycles. The van der Waals surface area contributed by atoms with E-state index in [0.29, 0.717) is 0 Å². The summed E-state index contributed by atoms with van der Waals surface area (Å²) in [4.78, 5) is 18.3. The van der Waals surface area contributed by atoms with Gasteiger partial charge in [0.05, 0.1) is 6.04 Å². The lowest BCUT2D eigenvalue weighted by Crippen LogP contribution is -2.32. The zero-order valence-corrected chi connectivity index (χ0v) is 11.5. The number of hydrogen-bond donors (Lipinski definition) is 1. The fourth-order valence-electron chi connectivity index (χ4n) is 1.79. The molecule has 1 aromatic rings. The Bertz CT molecular complexity index is 435. The van der Waals surface area contributed by atoms with Gasteiger partial charge in [0.1, 0.15) is 5.82 Å². The second kappa shape index (κ2) is 4.59. The maximum Gasteiger partial charge on any atom is 0.226 e. The van der Waals surface area contributed by atoms with E-state index < -0.39 is 0 Å². The average molecular weight is 247 g/mol. The molecule has 18 heavy (non-hydrogen) atoms. The third-order valence-corrected chi connectivity index (χ3v) is 3.62. The van der Waals surface area contributed by atoms with Crippen LogP contribution < -0.4 is 10.2 Å². The summed E-state index contributed by atoms with van der Waals surface area (Å²) in [7, 11) is 3.92. The van der Waals surface area contributed by atoms with Crippen LogP contribution in [0.2, 0.25) is 0 Å². The number of carbonyl (C=O) groups is 1. The summed E-state index contributed by atoms with van der Waals surface area (Å²) in [5.74, 6) is 1.08. The zero-order valence-electron chi connectivity index (χ0n) is 11.5. The molecule has 1 aromatic heterocycles. The summed E-state index contributed by atoms with van der Waals surface area (Å²) in [5.41, 5.74) is 0.920. The number of anilines is 1. The van der Waals surface area contributed by atoms with E-state index in [9.17, 15) is 4.79 Å². The van der Waals surface area contributed by atoms with Gasteiger partial charge in [0.25, 0.3) is 0 Å². The molecule has 1 fully saturated rings. The van der Waals surface area contributed by atoms with Gasteiger partial charge in [0.2, 0.25) is 5.91 Å². The summed E-state index contributed by atoms with van der Waals surface area (Å²) in [6.45, 7) is 4.01. The summed E-state index contributed by atoms with van der Waals surface area (Å²) in [6, 6.07) is 4.00. The van der Waals surface area contributed by atoms with Gasteiger partial charge in [-0.05, 0) is 31.4 Å². The molecule has 0 saturated heterocycles. The highest BCUT2D eigenvalue weighted by Gasteiger charge is 2.45. The van der Waals surface area contributed by atoms with Crippen molar-refractivity contribution in [3.8, 4) is 0 Å². The lowest BCUT2D eigenvalue weighted by Gasteiger charge is -2.18. The van der Waals surface area contributed by atoms with Gasteiger partial charge in [-0.3, -0.25) is 4.79 Å². The molecule has 2 rings (SSSR count). The lowest BCUT2D eigenvalue weighted by molar-refractivity contribution is -0.126. The topological polar surface area (TPSA) is 45.2 Å². The van der Waals surface area contributed by atoms with Crippen molar-refractivity contribution in [2.45, 2.75) is 32.7 Å². The fourth-order valence-corrected chi connectivity index (χ4v) is 1.79. The molecule has 1 amide bonds. The Morgan fingerprint density at radius 3 is 2.56 bits per heavy atom. The summed E-state index contributed by atoms with van der Waals surface area (Å²) in [6.07, 6.45) is 3.84. The molecule has 4 heteroatoms. The van der Waals surface area contributed by atoms with E-state index >= 15 is 0 Å². The minimum Gasteiger partial charge on any atom is -0.363 e. The van der Waals surface area contributed by atoms with Gasteiger partial charge in [-0.15, -0.1) is 0 Å². The zero-order chi connectivity index (χ0) is 13.3. The maximum absolute atomic E-state index is 11.9. The van der Waals surface area contributed by atoms with Crippen molar-refractivity contribution in [2.24, 2.45) is 5.41 Å². The van der Waals surface area contributed by atoms with Crippen LogP contribution in [-0.2, 0) is 4.79 Å². The number of rotatable bonds is 4. The Balaban J connectivity index is 2.00. The first-order valence-electron chi connectivity index (χ1n) is 6.37. The number of pyridine rings is 1. The molecule has 0 spiro atoms. The van der Waals surface area contributed by atoms with Crippen molar-refractivity contribution in [1.29, 1.82) is 0 Å². The SMILES string of the molecule is CC(NC(=O)C1(C)CC1)c1ccc(N(C)C)nc1. The number of aromatic nitrogens is 1. The van der Waals surface area contributed by atoms with Crippen molar-refractivity contribution >= 4 is 11.7 Å². The Morgan fingerprint density at radius 1 is 1.44 bits per heavy atom. The molecule has 0 radical (unpaired) electrons. The third-order valence-electron chi connectivity index (χ3n) is 3.62. The van der Waals surface area contributed by atoms with Gasteiger partial charge in [-0.2, -0.15) is 0 Å². The summed E-state index contributed by atoms with van der Waals surface area (Å²) < 4.78 is 0. The van der Waals surface area contributed by atoms with E-state index in [1.54, 1.807) is 0 Å². The second-order valence-electron chi connectivity index (χ2n) is 5.60. The molecule has 1 aliphatic rings. The van der Waals surface area contributed by atoms with Crippen LogP contribution in [0.1, 0.15) is 38.3 Å². The predicted octanol–water partition coefficient (Wildman–Crippen LogP) is 2.12. The van der Waals surface area contributed by atoms with Crippen LogP contribution in [0.4, 0.5) is 5.82 Å². The van der Waals surface area contributed by atoms with E-state index in [0.717, 1.165) is 24.2 Å². The first kappa shape index (κ1) is 12.9. The Kier molecular flexibility index (Phi) is 3.28. The number of nitrogens with one attached hydrogen (secondary N) is 1. The molecule has 1 heterocycles. The molecule has 98 valence electrons. The van der Waals surface area contributed by atoms with Gasteiger partial charge in [0, 0.05) is 25.7 Å². The molecule has 1 unspecified atom stereocenters. The first-order chi connectivity index (χ1) is 8.42. The second-order valence-corrected chi connectivity index (χ2v) is 5.60. The number of carbonyl (C=O) groups excluding carboxylic acids is 1. The molecule has 0 aliphatic heterocycles. The van der Waals surface area contributed by atoms with Gasteiger partial charge in [0.15, 0.2) is 0 Å². The molecular formula is C14H21N3O. The third kappa shape index (κ3) is 2.63. The van der Waals surface area contributed by atoms with Gasteiger partial charge in [-0.25, -0.2) is 4.98 Å². The molecule has 1 saturated carbocycles. The van der Waals surface area contributed by atoms with Gasteiger partial charge < -0.3 is 10.2 Å². The Hall–Kier alpha value is -1.58. The van der Waals surface area contributed by atoms with E-state index in [1.807, 2.05) is 51.2 Å². The maximum atomic E-state index is 11.9. The highest BCUT2D eigenvalue weighted by Crippen LogP contribution is 2.45. The van der Waals surface area contributed by atoms with Crippen molar-refractivity contribution in [2.75, 3.05) is 19.0 Å². The lowest BCUT2D eigenvalue weighted by atomic mass is 10.1. The minimum atomic E-state index is -0.120. The number of nitrogens with zero attached hydrogens (tertiary/aromatic N) is 2. The van der Waals surface area contributed by atoms with Crippen molar-refractivity contribution in [3.63, 3.8) is 0 Å². The highest BCUT2D eigenvalue weighted by molar-refractivity contribution is 5.85. The fraction of sp³-hybridized carbons (Fsp3) is 0.571. The van der Waals surface area contributed by atoms with Crippen LogP contribution in [0.3, 0.4) is 0 Å². The van der Waals surface area contributed by atoms with Crippen LogP contribution in [0.15, 0.2) is 18.3 Å². The van der Waals surface area contributed by atoms with Gasteiger partial charge in [-0.1, -0.05) is 13.0 Å². The van der Waals surface area contributed by atoms with Gasteiger partial charge >= 0.3 is 0 Å². The highest BCUT2D eigenvalue weighted by atomic mass is 16.2. The summed E-state index contributed by atoms with van der Waals surface area (Å²) >= 11 is 0. The molecule has 0 bridgehead atoms. The monoisotopic (exact) mass is 247 g/mol. The van der Waals surface area contributed by atoms with E-state index in [1.165, 1.54) is 0 Å². The van der Waals surface area contributed by atoms with Crippen LogP contribution in [0.25, 0.3) is 0 Å². The van der Waals surface area contributed by atoms with Crippen molar-refractivity contribution in [3.05, 3.63) is 23.9 Å². The van der Waals surface area contributed by atoms with E-state index in [4.69, 9.17) is 0 Å². The minimum absolute atomic E-state index is 0.0126. The average Bonchev–Trinajstić information content (AvgIpc) is 3.08. The number of hydrogen-bond acceptors (Lipinski definition) is 3. The van der Waals surface area contributed by atoms with Crippen LogP contribution in [-0.4, -0.2) is 25.0 Å². The number of amides is 1. The molecule has 1 atom stereocenters. The normalized spacial score (nSPS) is 18.0. The van der Waals surface area contributed by atoms with Crippen molar-refractivity contribution in [1.82, 2.24) is 10.3 Å². The molecule has 1 N–H and O–H groups in total. The van der Waals surface area contributed by atoms with Crippen LogP contribution >= 0.6 is 0 Å².